The molecule has 0 aliphatic carbocycles. The molecule has 0 atom stereocenters. The van der Waals surface area contributed by atoms with Gasteiger partial charge in [-0.25, -0.2) is 9.97 Å². The van der Waals surface area contributed by atoms with Gasteiger partial charge in [-0.05, 0) is 36.3 Å². The molecule has 0 amide bonds. The normalized spacial score (nSPS) is 11.3. The summed E-state index contributed by atoms with van der Waals surface area (Å²) in [5.41, 5.74) is 5.55. The highest BCUT2D eigenvalue weighted by Crippen LogP contribution is 2.24. The van der Waals surface area contributed by atoms with E-state index in [0.717, 1.165) is 22.3 Å². The van der Waals surface area contributed by atoms with Crippen molar-refractivity contribution >= 4 is 24.8 Å². The van der Waals surface area contributed by atoms with Gasteiger partial charge < -0.3 is 10.1 Å². The molecule has 0 bridgehead atoms. The van der Waals surface area contributed by atoms with Crippen molar-refractivity contribution in [1.82, 2.24) is 19.5 Å². The average molecular weight is 408 g/mol. The van der Waals surface area contributed by atoms with Gasteiger partial charge in [-0.2, -0.15) is 4.98 Å². The number of fused-ring (bicyclic) bond motifs is 1. The van der Waals surface area contributed by atoms with Gasteiger partial charge in [0.1, 0.15) is 20.2 Å². The molecule has 0 saturated carbocycles. The summed E-state index contributed by atoms with van der Waals surface area (Å²) in [7, 11) is 0.203. The van der Waals surface area contributed by atoms with E-state index in [0.29, 0.717) is 19.1 Å². The summed E-state index contributed by atoms with van der Waals surface area (Å²) in [6.07, 6.45) is 5.25. The largest absolute Gasteiger partial charge is 0.383 e. The fourth-order valence-electron chi connectivity index (χ4n) is 3.31. The van der Waals surface area contributed by atoms with E-state index in [2.05, 4.69) is 54.7 Å². The molecule has 0 spiro atoms. The van der Waals surface area contributed by atoms with Gasteiger partial charge in [-0.3, -0.25) is 4.57 Å². The zero-order chi connectivity index (χ0) is 20.7. The smallest absolute Gasteiger partial charge is 0.237 e. The van der Waals surface area contributed by atoms with E-state index in [1.54, 1.807) is 24.2 Å². The van der Waals surface area contributed by atoms with Crippen LogP contribution in [0.25, 0.3) is 16.9 Å². The maximum Gasteiger partial charge on any atom is 0.237 e. The Hall–Kier alpha value is -2.69. The summed E-state index contributed by atoms with van der Waals surface area (Å²) >= 11 is 0. The number of aromatic nitrogens is 4. The summed E-state index contributed by atoms with van der Waals surface area (Å²) in [5.74, 6) is 4.82. The zero-order valence-electron chi connectivity index (χ0n) is 17.7. The number of nitrogens with zero attached hydrogens (tertiary/aromatic N) is 4. The molecule has 3 aromatic rings. The van der Waals surface area contributed by atoms with Crippen molar-refractivity contribution in [2.45, 2.75) is 38.9 Å². The lowest BCUT2D eigenvalue weighted by Crippen LogP contribution is -2.29. The number of hydrogen-bond donors (Lipinski definition) is 1. The lowest BCUT2D eigenvalue weighted by molar-refractivity contribution is 0.210. The van der Waals surface area contributed by atoms with Crippen LogP contribution in [0.1, 0.15) is 26.3 Å². The fourth-order valence-corrected chi connectivity index (χ4v) is 5.75. The number of methoxy groups -OCH3 is 1. The molecule has 1 aromatic carbocycles. The second-order valence-electron chi connectivity index (χ2n) is 7.08. The Kier molecular flexibility index (Phi) is 7.02. The molecule has 152 valence electrons. The maximum atomic E-state index is 5.18. The third-order valence-corrected chi connectivity index (χ3v) is 10.2. The molecule has 0 saturated heterocycles. The zero-order valence-corrected chi connectivity index (χ0v) is 18.7. The SMILES string of the molecule is CC[Si](C#Cc1ccc2nc(-n3ccnc3)nc(NCCOC)c2c1)(CC)CC. The second kappa shape index (κ2) is 9.68. The summed E-state index contributed by atoms with van der Waals surface area (Å²) in [5, 5.41) is 4.34. The van der Waals surface area contributed by atoms with Crippen molar-refractivity contribution in [2.24, 2.45) is 0 Å². The Morgan fingerprint density at radius 2 is 1.93 bits per heavy atom. The molecule has 1 N–H and O–H groups in total. The molecule has 0 fully saturated rings. The highest BCUT2D eigenvalue weighted by Gasteiger charge is 2.24. The van der Waals surface area contributed by atoms with E-state index in [-0.39, 0.29) is 0 Å². The highest BCUT2D eigenvalue weighted by molar-refractivity contribution is 6.87. The molecule has 29 heavy (non-hydrogen) atoms. The Morgan fingerprint density at radius 1 is 1.14 bits per heavy atom. The third-order valence-electron chi connectivity index (χ3n) is 5.52. The van der Waals surface area contributed by atoms with Crippen molar-refractivity contribution in [3.05, 3.63) is 42.5 Å². The number of nitrogens with one attached hydrogen (secondary N) is 1. The minimum absolute atomic E-state index is 0.586. The molecule has 0 aliphatic heterocycles. The molecular formula is C22H29N5OSi. The number of benzene rings is 1. The van der Waals surface area contributed by atoms with Gasteiger partial charge in [0.05, 0.1) is 12.1 Å². The maximum absolute atomic E-state index is 5.18. The molecule has 0 aliphatic rings. The first-order chi connectivity index (χ1) is 14.1. The Bertz CT molecular complexity index is 995. The van der Waals surface area contributed by atoms with Crippen LogP contribution in [0.15, 0.2) is 36.9 Å². The van der Waals surface area contributed by atoms with E-state index in [9.17, 15) is 0 Å². The number of imidazole rings is 1. The molecule has 6 nitrogen and oxygen atoms in total. The first-order valence-corrected chi connectivity index (χ1v) is 12.8. The minimum Gasteiger partial charge on any atom is -0.383 e. The summed E-state index contributed by atoms with van der Waals surface area (Å²) in [4.78, 5) is 13.5. The number of ether oxygens (including phenoxy) is 1. The van der Waals surface area contributed by atoms with Crippen LogP contribution in [0, 0.1) is 11.5 Å². The predicted molar refractivity (Wildman–Crippen MR) is 121 cm³/mol. The average Bonchev–Trinajstić information content (AvgIpc) is 3.30. The van der Waals surface area contributed by atoms with Crippen LogP contribution >= 0.6 is 0 Å². The van der Waals surface area contributed by atoms with Gasteiger partial charge >= 0.3 is 0 Å². The van der Waals surface area contributed by atoms with Crippen LogP contribution in [0.3, 0.4) is 0 Å². The summed E-state index contributed by atoms with van der Waals surface area (Å²) < 4.78 is 6.98. The fraction of sp³-hybridized carbons (Fsp3) is 0.409. The van der Waals surface area contributed by atoms with E-state index in [1.165, 1.54) is 18.1 Å². The summed E-state index contributed by atoms with van der Waals surface area (Å²) in [6, 6.07) is 9.76. The van der Waals surface area contributed by atoms with Gasteiger partial charge in [0, 0.05) is 37.0 Å². The number of anilines is 1. The van der Waals surface area contributed by atoms with Crippen LogP contribution in [0.2, 0.25) is 18.1 Å². The first kappa shape index (κ1) is 21.0. The van der Waals surface area contributed by atoms with E-state index in [4.69, 9.17) is 14.7 Å². The van der Waals surface area contributed by atoms with E-state index in [1.807, 2.05) is 12.3 Å². The number of hydrogen-bond acceptors (Lipinski definition) is 5. The van der Waals surface area contributed by atoms with Crippen molar-refractivity contribution in [2.75, 3.05) is 25.6 Å². The van der Waals surface area contributed by atoms with Crippen molar-refractivity contribution in [3.8, 4) is 17.4 Å². The van der Waals surface area contributed by atoms with Crippen LogP contribution < -0.4 is 5.32 Å². The van der Waals surface area contributed by atoms with Crippen molar-refractivity contribution < 1.29 is 4.74 Å². The van der Waals surface area contributed by atoms with Crippen molar-refractivity contribution in [1.29, 1.82) is 0 Å². The van der Waals surface area contributed by atoms with Crippen molar-refractivity contribution in [3.63, 3.8) is 0 Å². The van der Waals surface area contributed by atoms with Gasteiger partial charge in [-0.15, -0.1) is 5.54 Å². The van der Waals surface area contributed by atoms with Gasteiger partial charge in [-0.1, -0.05) is 26.7 Å². The highest BCUT2D eigenvalue weighted by atomic mass is 28.3. The summed E-state index contributed by atoms with van der Waals surface area (Å²) in [6.45, 7) is 8.09. The van der Waals surface area contributed by atoms with E-state index >= 15 is 0 Å². The third kappa shape index (κ3) is 4.84. The van der Waals surface area contributed by atoms with Gasteiger partial charge in [0.15, 0.2) is 0 Å². The Balaban J connectivity index is 2.04. The predicted octanol–water partition coefficient (Wildman–Crippen LogP) is 4.27. The van der Waals surface area contributed by atoms with Gasteiger partial charge in [0.2, 0.25) is 5.95 Å². The van der Waals surface area contributed by atoms with Crippen LogP contribution in [-0.2, 0) is 4.74 Å². The van der Waals surface area contributed by atoms with Crippen LogP contribution in [-0.4, -0.2) is 47.9 Å². The lowest BCUT2D eigenvalue weighted by atomic mass is 10.1. The quantitative estimate of drug-likeness (QED) is 0.343. The van der Waals surface area contributed by atoms with Crippen LogP contribution in [0.5, 0.6) is 0 Å². The first-order valence-electron chi connectivity index (χ1n) is 10.2. The number of rotatable bonds is 8. The second-order valence-corrected chi connectivity index (χ2v) is 12.0. The minimum atomic E-state index is -1.49. The monoisotopic (exact) mass is 407 g/mol. The molecule has 3 rings (SSSR count). The molecule has 2 heterocycles. The van der Waals surface area contributed by atoms with E-state index < -0.39 is 8.07 Å². The molecule has 0 unspecified atom stereocenters. The lowest BCUT2D eigenvalue weighted by Gasteiger charge is -2.20. The topological polar surface area (TPSA) is 64.9 Å². The van der Waals surface area contributed by atoms with Gasteiger partial charge in [0.25, 0.3) is 0 Å². The molecule has 0 radical (unpaired) electrons. The van der Waals surface area contributed by atoms with Crippen LogP contribution in [0.4, 0.5) is 5.82 Å². The Morgan fingerprint density at radius 3 is 2.59 bits per heavy atom. The standard InChI is InChI=1S/C22H29N5OSi/c1-5-29(6-2,7-3)15-10-18-8-9-20-19(16-18)21(24-12-14-28-4)26-22(25-20)27-13-11-23-17-27/h8-9,11,13,16-17H,5-7,12,14H2,1-4H3,(H,24,25,26). The molecule has 2 aromatic heterocycles. The molecule has 7 heteroatoms. The molecular weight excluding hydrogens is 378 g/mol. The Labute approximate surface area is 173 Å².